The van der Waals surface area contributed by atoms with E-state index in [4.69, 9.17) is 4.74 Å². The molecule has 0 radical (unpaired) electrons. The summed E-state index contributed by atoms with van der Waals surface area (Å²) in [5.74, 6) is 0.277. The molecular weight excluding hydrogens is 338 g/mol. The van der Waals surface area contributed by atoms with E-state index in [0.29, 0.717) is 12.4 Å². The monoisotopic (exact) mass is 361 g/mol. The Morgan fingerprint density at radius 3 is 2.64 bits per heavy atom. The van der Waals surface area contributed by atoms with E-state index in [1.54, 1.807) is 12.3 Å². The van der Waals surface area contributed by atoms with E-state index >= 15 is 0 Å². The molecule has 0 bridgehead atoms. The van der Waals surface area contributed by atoms with Crippen molar-refractivity contribution in [1.82, 2.24) is 15.6 Å². The highest BCUT2D eigenvalue weighted by molar-refractivity contribution is 7.10. The molecule has 0 spiro atoms. The van der Waals surface area contributed by atoms with Gasteiger partial charge in [0.15, 0.2) is 0 Å². The first kappa shape index (κ1) is 18.9. The van der Waals surface area contributed by atoms with Gasteiger partial charge in [0.1, 0.15) is 0 Å². The van der Waals surface area contributed by atoms with Crippen LogP contribution in [0.25, 0.3) is 0 Å². The van der Waals surface area contributed by atoms with Gasteiger partial charge in [-0.15, -0.1) is 11.3 Å². The minimum absolute atomic E-state index is 0.0704. The van der Waals surface area contributed by atoms with Gasteiger partial charge in [-0.2, -0.15) is 0 Å². The van der Waals surface area contributed by atoms with Crippen molar-refractivity contribution in [2.24, 2.45) is 0 Å². The van der Waals surface area contributed by atoms with E-state index in [0.717, 1.165) is 10.4 Å². The molecule has 0 aromatic carbocycles. The lowest BCUT2D eigenvalue weighted by Crippen LogP contribution is -2.32. The summed E-state index contributed by atoms with van der Waals surface area (Å²) in [5, 5.41) is 7.60. The van der Waals surface area contributed by atoms with Gasteiger partial charge < -0.3 is 15.4 Å². The van der Waals surface area contributed by atoms with Gasteiger partial charge in [0.2, 0.25) is 17.7 Å². The van der Waals surface area contributed by atoms with Gasteiger partial charge >= 0.3 is 0 Å². The summed E-state index contributed by atoms with van der Waals surface area (Å²) in [4.78, 5) is 28.7. The van der Waals surface area contributed by atoms with Crippen LogP contribution in [0.3, 0.4) is 0 Å². The van der Waals surface area contributed by atoms with Crippen LogP contribution in [0, 0.1) is 0 Å². The Hall–Kier alpha value is -2.41. The lowest BCUT2D eigenvalue weighted by molar-refractivity contribution is -0.122. The van der Waals surface area contributed by atoms with Gasteiger partial charge in [-0.3, -0.25) is 9.59 Å². The predicted molar refractivity (Wildman–Crippen MR) is 97.3 cm³/mol. The Kier molecular flexibility index (Phi) is 6.94. The zero-order chi connectivity index (χ0) is 18.2. The van der Waals surface area contributed by atoms with Crippen molar-refractivity contribution in [1.29, 1.82) is 0 Å². The van der Waals surface area contributed by atoms with Crippen molar-refractivity contribution in [2.45, 2.75) is 45.9 Å². The van der Waals surface area contributed by atoms with Crippen molar-refractivity contribution in [3.05, 3.63) is 46.3 Å². The highest BCUT2D eigenvalue weighted by Gasteiger charge is 2.17. The van der Waals surface area contributed by atoms with E-state index in [9.17, 15) is 9.59 Å². The molecule has 2 aromatic heterocycles. The van der Waals surface area contributed by atoms with Crippen LogP contribution >= 0.6 is 11.3 Å². The number of hydrogen-bond acceptors (Lipinski definition) is 5. The number of pyridine rings is 1. The topological polar surface area (TPSA) is 80.3 Å². The van der Waals surface area contributed by atoms with Crippen LogP contribution in [-0.2, 0) is 16.1 Å². The summed E-state index contributed by atoms with van der Waals surface area (Å²) in [6.07, 6.45) is 1.95. The van der Waals surface area contributed by atoms with Crippen LogP contribution in [0.2, 0.25) is 0 Å². The van der Waals surface area contributed by atoms with Gasteiger partial charge in [-0.25, -0.2) is 4.98 Å². The van der Waals surface area contributed by atoms with E-state index in [-0.39, 0.29) is 30.4 Å². The van der Waals surface area contributed by atoms with Crippen LogP contribution in [0.1, 0.15) is 43.7 Å². The second kappa shape index (κ2) is 9.17. The number of carbonyl (C=O) groups is 2. The van der Waals surface area contributed by atoms with Crippen molar-refractivity contribution in [3.63, 3.8) is 0 Å². The molecule has 134 valence electrons. The van der Waals surface area contributed by atoms with Gasteiger partial charge in [-0.1, -0.05) is 12.1 Å². The van der Waals surface area contributed by atoms with E-state index in [1.807, 2.05) is 37.4 Å². The molecular formula is C18H23N3O3S. The Labute approximate surface area is 151 Å². The maximum atomic E-state index is 12.2. The molecule has 7 heteroatoms. The maximum absolute atomic E-state index is 12.2. The SMILES string of the molecule is CC(=O)NC(CC(=O)NCc1ccc(OC(C)C)nc1)c1cccs1. The second-order valence-corrected chi connectivity index (χ2v) is 6.90. The quantitative estimate of drug-likeness (QED) is 0.758. The fourth-order valence-electron chi connectivity index (χ4n) is 2.24. The van der Waals surface area contributed by atoms with Crippen molar-refractivity contribution < 1.29 is 14.3 Å². The fourth-order valence-corrected chi connectivity index (χ4v) is 3.02. The predicted octanol–water partition coefficient (Wildman–Crippen LogP) is 2.81. The zero-order valence-electron chi connectivity index (χ0n) is 14.6. The summed E-state index contributed by atoms with van der Waals surface area (Å²) in [6, 6.07) is 7.16. The number of rotatable bonds is 8. The second-order valence-electron chi connectivity index (χ2n) is 5.92. The number of nitrogens with one attached hydrogen (secondary N) is 2. The van der Waals surface area contributed by atoms with Crippen LogP contribution < -0.4 is 15.4 Å². The molecule has 6 nitrogen and oxygen atoms in total. The summed E-state index contributed by atoms with van der Waals surface area (Å²) in [7, 11) is 0. The molecule has 0 aliphatic carbocycles. The van der Waals surface area contributed by atoms with E-state index < -0.39 is 0 Å². The largest absolute Gasteiger partial charge is 0.475 e. The van der Waals surface area contributed by atoms with E-state index in [2.05, 4.69) is 15.6 Å². The molecule has 0 aliphatic rings. The molecule has 25 heavy (non-hydrogen) atoms. The summed E-state index contributed by atoms with van der Waals surface area (Å²) in [6.45, 7) is 5.71. The standard InChI is InChI=1S/C18H23N3O3S/c1-12(2)24-18-7-6-14(11-20-18)10-19-17(23)9-15(21-13(3)22)16-5-4-8-25-16/h4-8,11-12,15H,9-10H2,1-3H3,(H,19,23)(H,21,22). The smallest absolute Gasteiger partial charge is 0.222 e. The highest BCUT2D eigenvalue weighted by atomic mass is 32.1. The number of thiophene rings is 1. The maximum Gasteiger partial charge on any atom is 0.222 e. The minimum atomic E-state index is -0.308. The fraction of sp³-hybridized carbons (Fsp3) is 0.389. The number of ether oxygens (including phenoxy) is 1. The third-order valence-electron chi connectivity index (χ3n) is 3.30. The minimum Gasteiger partial charge on any atom is -0.475 e. The van der Waals surface area contributed by atoms with Crippen LogP contribution in [0.4, 0.5) is 0 Å². The van der Waals surface area contributed by atoms with Crippen molar-refractivity contribution in [3.8, 4) is 5.88 Å². The number of aromatic nitrogens is 1. The molecule has 2 heterocycles. The molecule has 1 atom stereocenters. The zero-order valence-corrected chi connectivity index (χ0v) is 15.4. The molecule has 0 saturated carbocycles. The average Bonchev–Trinajstić information content (AvgIpc) is 3.07. The molecule has 2 amide bonds. The number of amides is 2. The number of hydrogen-bond donors (Lipinski definition) is 2. The van der Waals surface area contributed by atoms with Crippen LogP contribution in [0.15, 0.2) is 35.8 Å². The Bertz CT molecular complexity index is 684. The molecule has 1 unspecified atom stereocenters. The summed E-state index contributed by atoms with van der Waals surface area (Å²) >= 11 is 1.52. The normalized spacial score (nSPS) is 11.8. The first-order chi connectivity index (χ1) is 11.9. The molecule has 0 fully saturated rings. The summed E-state index contributed by atoms with van der Waals surface area (Å²) < 4.78 is 5.49. The Morgan fingerprint density at radius 2 is 2.08 bits per heavy atom. The molecule has 2 rings (SSSR count). The van der Waals surface area contributed by atoms with Crippen molar-refractivity contribution >= 4 is 23.2 Å². The third kappa shape index (κ3) is 6.54. The van der Waals surface area contributed by atoms with Crippen LogP contribution in [0.5, 0.6) is 5.88 Å². The van der Waals surface area contributed by atoms with E-state index in [1.165, 1.54) is 18.3 Å². The first-order valence-electron chi connectivity index (χ1n) is 8.13. The lowest BCUT2D eigenvalue weighted by atomic mass is 10.1. The van der Waals surface area contributed by atoms with Gasteiger partial charge in [0, 0.05) is 30.6 Å². The first-order valence-corrected chi connectivity index (χ1v) is 9.01. The highest BCUT2D eigenvalue weighted by Crippen LogP contribution is 2.22. The molecule has 2 N–H and O–H groups in total. The Morgan fingerprint density at radius 1 is 1.28 bits per heavy atom. The molecule has 0 aliphatic heterocycles. The van der Waals surface area contributed by atoms with Gasteiger partial charge in [0.25, 0.3) is 0 Å². The average molecular weight is 361 g/mol. The third-order valence-corrected chi connectivity index (χ3v) is 4.28. The van der Waals surface area contributed by atoms with Crippen molar-refractivity contribution in [2.75, 3.05) is 0 Å². The molecule has 2 aromatic rings. The van der Waals surface area contributed by atoms with Gasteiger partial charge in [0.05, 0.1) is 18.6 Å². The Balaban J connectivity index is 1.87. The number of carbonyl (C=O) groups excluding carboxylic acids is 2. The lowest BCUT2D eigenvalue weighted by Gasteiger charge is -2.16. The summed E-state index contributed by atoms with van der Waals surface area (Å²) in [5.41, 5.74) is 0.886. The molecule has 0 saturated heterocycles. The number of nitrogens with zero attached hydrogens (tertiary/aromatic N) is 1. The van der Waals surface area contributed by atoms with Gasteiger partial charge in [-0.05, 0) is 30.9 Å². The van der Waals surface area contributed by atoms with Crippen LogP contribution in [-0.4, -0.2) is 22.9 Å².